The number of nitriles is 1. The van der Waals surface area contributed by atoms with E-state index in [9.17, 15) is 10.1 Å². The van der Waals surface area contributed by atoms with Crippen molar-refractivity contribution >= 4 is 23.4 Å². The summed E-state index contributed by atoms with van der Waals surface area (Å²) in [5, 5.41) is 12.7. The molecular weight excluding hydrogens is 390 g/mol. The third-order valence-corrected chi connectivity index (χ3v) is 6.08. The van der Waals surface area contributed by atoms with Gasteiger partial charge in [-0.1, -0.05) is 68.1 Å². The van der Waals surface area contributed by atoms with Crippen LogP contribution >= 0.6 is 11.8 Å². The van der Waals surface area contributed by atoms with Gasteiger partial charge in [-0.25, -0.2) is 4.98 Å². The van der Waals surface area contributed by atoms with Crippen LogP contribution in [-0.2, 0) is 4.79 Å². The first-order valence-corrected chi connectivity index (χ1v) is 10.8. The first kappa shape index (κ1) is 21.6. The van der Waals surface area contributed by atoms with Gasteiger partial charge in [0.2, 0.25) is 5.91 Å². The molecule has 30 heavy (non-hydrogen) atoms. The van der Waals surface area contributed by atoms with Crippen molar-refractivity contribution in [3.8, 4) is 6.07 Å². The van der Waals surface area contributed by atoms with Crippen LogP contribution in [0.4, 0.5) is 5.69 Å². The molecule has 0 saturated carbocycles. The van der Waals surface area contributed by atoms with E-state index in [0.717, 1.165) is 22.5 Å². The smallest absolute Gasteiger partial charge is 0.242 e. The summed E-state index contributed by atoms with van der Waals surface area (Å²) in [6, 6.07) is 21.6. The van der Waals surface area contributed by atoms with Crippen LogP contribution in [0.2, 0.25) is 0 Å². The Hall–Kier alpha value is -3.10. The Morgan fingerprint density at radius 3 is 2.30 bits per heavy atom. The number of carbonyl (C=O) groups excluding carboxylic acids is 1. The monoisotopic (exact) mass is 415 g/mol. The summed E-state index contributed by atoms with van der Waals surface area (Å²) in [5.41, 5.74) is 5.04. The molecule has 3 aromatic rings. The normalized spacial score (nSPS) is 11.7. The summed E-state index contributed by atoms with van der Waals surface area (Å²) >= 11 is 1.31. The molecule has 0 fully saturated rings. The largest absolute Gasteiger partial charge is 0.325 e. The average Bonchev–Trinajstić information content (AvgIpc) is 2.72. The molecule has 4 nitrogen and oxygen atoms in total. The van der Waals surface area contributed by atoms with Gasteiger partial charge in [0, 0.05) is 11.4 Å². The van der Waals surface area contributed by atoms with Gasteiger partial charge in [-0.15, -0.1) is 0 Å². The summed E-state index contributed by atoms with van der Waals surface area (Å²) in [4.78, 5) is 17.8. The molecule has 2 aromatic carbocycles. The third kappa shape index (κ3) is 5.08. The Morgan fingerprint density at radius 1 is 1.03 bits per heavy atom. The molecule has 0 bridgehead atoms. The molecular formula is C25H25N3OS. The second-order valence-corrected chi connectivity index (χ2v) is 8.64. The van der Waals surface area contributed by atoms with Gasteiger partial charge >= 0.3 is 0 Å². The van der Waals surface area contributed by atoms with Crippen molar-refractivity contribution in [2.75, 3.05) is 5.32 Å². The van der Waals surface area contributed by atoms with Crippen molar-refractivity contribution < 1.29 is 4.79 Å². The molecule has 152 valence electrons. The number of carbonyl (C=O) groups is 1. The predicted molar refractivity (Wildman–Crippen MR) is 123 cm³/mol. The fraction of sp³-hybridized carbons (Fsp3) is 0.240. The average molecular weight is 416 g/mol. The van der Waals surface area contributed by atoms with Crippen molar-refractivity contribution in [1.82, 2.24) is 4.98 Å². The zero-order valence-corrected chi connectivity index (χ0v) is 18.5. The third-order valence-electron chi connectivity index (χ3n) is 4.84. The lowest BCUT2D eigenvalue weighted by molar-refractivity contribution is -0.115. The number of hydrogen-bond donors (Lipinski definition) is 1. The highest BCUT2D eigenvalue weighted by Crippen LogP contribution is 2.37. The number of rotatable bonds is 6. The van der Waals surface area contributed by atoms with E-state index >= 15 is 0 Å². The SMILES string of the molecule is Cc1cc(C)c(C#N)c(S[C@@H](C(=O)Nc2ccc(C(C)C)cc2)c2ccccc2)n1. The van der Waals surface area contributed by atoms with E-state index in [4.69, 9.17) is 0 Å². The van der Waals surface area contributed by atoms with Gasteiger partial charge in [0.25, 0.3) is 0 Å². The molecule has 0 spiro atoms. The molecule has 0 radical (unpaired) electrons. The molecule has 1 atom stereocenters. The van der Waals surface area contributed by atoms with Gasteiger partial charge in [0.15, 0.2) is 0 Å². The number of hydrogen-bond acceptors (Lipinski definition) is 4. The molecule has 0 aliphatic rings. The maximum Gasteiger partial charge on any atom is 0.242 e. The fourth-order valence-electron chi connectivity index (χ4n) is 3.20. The number of aromatic nitrogens is 1. The standard InChI is InChI=1S/C25H25N3OS/c1-16(2)19-10-12-21(13-11-19)28-24(29)23(20-8-6-5-7-9-20)30-25-22(15-26)17(3)14-18(4)27-25/h5-14,16,23H,1-4H3,(H,28,29)/t23-/m1/s1. The zero-order valence-electron chi connectivity index (χ0n) is 17.6. The lowest BCUT2D eigenvalue weighted by Crippen LogP contribution is -2.19. The van der Waals surface area contributed by atoms with Gasteiger partial charge in [0.05, 0.1) is 5.56 Å². The van der Waals surface area contributed by atoms with Crippen molar-refractivity contribution in [3.05, 3.63) is 88.6 Å². The molecule has 3 rings (SSSR count). The molecule has 1 amide bonds. The molecule has 0 aliphatic carbocycles. The predicted octanol–water partition coefficient (Wildman–Crippen LogP) is 6.17. The van der Waals surface area contributed by atoms with Crippen LogP contribution < -0.4 is 5.32 Å². The van der Waals surface area contributed by atoms with Crippen molar-refractivity contribution in [2.24, 2.45) is 0 Å². The Bertz CT molecular complexity index is 1070. The topological polar surface area (TPSA) is 65.8 Å². The second-order valence-electron chi connectivity index (χ2n) is 7.55. The van der Waals surface area contributed by atoms with E-state index in [0.29, 0.717) is 16.5 Å². The van der Waals surface area contributed by atoms with Crippen LogP contribution in [0.25, 0.3) is 0 Å². The number of nitrogens with one attached hydrogen (secondary N) is 1. The minimum absolute atomic E-state index is 0.145. The first-order chi connectivity index (χ1) is 14.4. The lowest BCUT2D eigenvalue weighted by Gasteiger charge is -2.18. The van der Waals surface area contributed by atoms with Crippen molar-refractivity contribution in [3.63, 3.8) is 0 Å². The first-order valence-electron chi connectivity index (χ1n) is 9.89. The van der Waals surface area contributed by atoms with Crippen LogP contribution in [0.1, 0.15) is 53.0 Å². The van der Waals surface area contributed by atoms with Crippen LogP contribution in [0.5, 0.6) is 0 Å². The summed E-state index contributed by atoms with van der Waals surface area (Å²) in [6.45, 7) is 8.07. The number of benzene rings is 2. The Morgan fingerprint density at radius 2 is 1.70 bits per heavy atom. The minimum Gasteiger partial charge on any atom is -0.325 e. The van der Waals surface area contributed by atoms with Crippen LogP contribution in [0.3, 0.4) is 0 Å². The van der Waals surface area contributed by atoms with E-state index in [1.54, 1.807) is 0 Å². The van der Waals surface area contributed by atoms with Crippen molar-refractivity contribution in [2.45, 2.75) is 43.9 Å². The highest BCUT2D eigenvalue weighted by atomic mass is 32.2. The fourth-order valence-corrected chi connectivity index (χ4v) is 4.40. The number of thioether (sulfide) groups is 1. The maximum atomic E-state index is 13.3. The van der Waals surface area contributed by atoms with Crippen LogP contribution in [0, 0.1) is 25.2 Å². The van der Waals surface area contributed by atoms with E-state index < -0.39 is 5.25 Å². The Balaban J connectivity index is 1.92. The molecule has 0 saturated heterocycles. The second kappa shape index (κ2) is 9.60. The number of amides is 1. The van der Waals surface area contributed by atoms with Gasteiger partial charge < -0.3 is 5.32 Å². The quantitative estimate of drug-likeness (QED) is 0.489. The molecule has 1 N–H and O–H groups in total. The number of pyridine rings is 1. The number of aryl methyl sites for hydroxylation is 2. The minimum atomic E-state index is -0.531. The van der Waals surface area contributed by atoms with Crippen LogP contribution in [0.15, 0.2) is 65.7 Å². The molecule has 1 heterocycles. The van der Waals surface area contributed by atoms with E-state index in [1.165, 1.54) is 17.3 Å². The highest BCUT2D eigenvalue weighted by Gasteiger charge is 2.25. The molecule has 1 aromatic heterocycles. The van der Waals surface area contributed by atoms with Gasteiger partial charge in [-0.3, -0.25) is 4.79 Å². The highest BCUT2D eigenvalue weighted by molar-refractivity contribution is 8.00. The number of nitrogens with zero attached hydrogens (tertiary/aromatic N) is 2. The molecule has 5 heteroatoms. The Labute approximate surface area is 182 Å². The maximum absolute atomic E-state index is 13.3. The van der Waals surface area contributed by atoms with Crippen molar-refractivity contribution in [1.29, 1.82) is 5.26 Å². The van der Waals surface area contributed by atoms with Gasteiger partial charge in [-0.05, 0) is 54.7 Å². The van der Waals surface area contributed by atoms with Crippen LogP contribution in [-0.4, -0.2) is 10.9 Å². The summed E-state index contributed by atoms with van der Waals surface area (Å²) < 4.78 is 0. The van der Waals surface area contributed by atoms with E-state index in [-0.39, 0.29) is 5.91 Å². The Kier molecular flexibility index (Phi) is 6.91. The summed E-state index contributed by atoms with van der Waals surface area (Å²) in [6.07, 6.45) is 0. The zero-order chi connectivity index (χ0) is 21.7. The summed E-state index contributed by atoms with van der Waals surface area (Å²) in [7, 11) is 0. The van der Waals surface area contributed by atoms with E-state index in [2.05, 4.69) is 30.2 Å². The van der Waals surface area contributed by atoms with Gasteiger partial charge in [0.1, 0.15) is 16.3 Å². The summed E-state index contributed by atoms with van der Waals surface area (Å²) in [5.74, 6) is 0.288. The molecule has 0 aliphatic heterocycles. The lowest BCUT2D eigenvalue weighted by atomic mass is 10.0. The number of anilines is 1. The molecule has 0 unspecified atom stereocenters. The van der Waals surface area contributed by atoms with E-state index in [1.807, 2.05) is 74.5 Å². The van der Waals surface area contributed by atoms with Gasteiger partial charge in [-0.2, -0.15) is 5.26 Å².